The SMILES string of the molecule is COc1ccc(C)cc1CN1CC[C@@H](c2nnc(-c3cnccn3)o2)C1. The molecular weight excluding hydrogens is 330 g/mol. The van der Waals surface area contributed by atoms with Crippen LogP contribution in [-0.4, -0.2) is 45.3 Å². The second-order valence-corrected chi connectivity index (χ2v) is 6.57. The molecule has 4 rings (SSSR count). The Hall–Kier alpha value is -2.80. The molecular formula is C19H21N5O2. The number of aryl methyl sites for hydroxylation is 1. The average molecular weight is 351 g/mol. The van der Waals surface area contributed by atoms with Crippen LogP contribution in [0.4, 0.5) is 0 Å². The van der Waals surface area contributed by atoms with Crippen LogP contribution in [0.2, 0.25) is 0 Å². The molecule has 1 fully saturated rings. The van der Waals surface area contributed by atoms with Crippen LogP contribution in [0, 0.1) is 6.92 Å². The summed E-state index contributed by atoms with van der Waals surface area (Å²) in [5.41, 5.74) is 3.05. The molecule has 7 heteroatoms. The molecule has 0 N–H and O–H groups in total. The summed E-state index contributed by atoms with van der Waals surface area (Å²) >= 11 is 0. The van der Waals surface area contributed by atoms with E-state index >= 15 is 0 Å². The van der Waals surface area contributed by atoms with Crippen LogP contribution in [0.3, 0.4) is 0 Å². The van der Waals surface area contributed by atoms with Gasteiger partial charge in [0.05, 0.1) is 19.2 Å². The van der Waals surface area contributed by atoms with E-state index in [4.69, 9.17) is 9.15 Å². The van der Waals surface area contributed by atoms with Gasteiger partial charge in [0, 0.05) is 31.0 Å². The van der Waals surface area contributed by atoms with E-state index in [9.17, 15) is 0 Å². The third-order valence-electron chi connectivity index (χ3n) is 4.67. The topological polar surface area (TPSA) is 77.2 Å². The normalized spacial score (nSPS) is 17.5. The zero-order valence-electron chi connectivity index (χ0n) is 14.9. The van der Waals surface area contributed by atoms with Gasteiger partial charge in [0.25, 0.3) is 5.89 Å². The van der Waals surface area contributed by atoms with Crippen molar-refractivity contribution in [3.63, 3.8) is 0 Å². The summed E-state index contributed by atoms with van der Waals surface area (Å²) in [6, 6.07) is 6.29. The van der Waals surface area contributed by atoms with Crippen molar-refractivity contribution in [3.8, 4) is 17.3 Å². The fourth-order valence-corrected chi connectivity index (χ4v) is 3.36. The van der Waals surface area contributed by atoms with Crippen molar-refractivity contribution in [1.82, 2.24) is 25.1 Å². The maximum absolute atomic E-state index is 5.84. The predicted molar refractivity (Wildman–Crippen MR) is 95.7 cm³/mol. The van der Waals surface area contributed by atoms with Gasteiger partial charge in [-0.2, -0.15) is 0 Å². The minimum absolute atomic E-state index is 0.240. The smallest absolute Gasteiger partial charge is 0.267 e. The van der Waals surface area contributed by atoms with Gasteiger partial charge in [0.2, 0.25) is 5.89 Å². The number of benzene rings is 1. The standard InChI is InChI=1S/C19H21N5O2/c1-13-3-4-17(25-2)15(9-13)12-24-8-5-14(11-24)18-22-23-19(26-18)16-10-20-6-7-21-16/h3-4,6-7,9-10,14H,5,8,11-12H2,1-2H3/t14-/m1/s1. The monoisotopic (exact) mass is 351 g/mol. The van der Waals surface area contributed by atoms with Gasteiger partial charge < -0.3 is 9.15 Å². The molecule has 26 heavy (non-hydrogen) atoms. The Morgan fingerprint density at radius 1 is 1.27 bits per heavy atom. The first-order valence-electron chi connectivity index (χ1n) is 8.68. The highest BCUT2D eigenvalue weighted by atomic mass is 16.5. The van der Waals surface area contributed by atoms with E-state index in [0.717, 1.165) is 31.8 Å². The van der Waals surface area contributed by atoms with Gasteiger partial charge in [-0.15, -0.1) is 10.2 Å². The van der Waals surface area contributed by atoms with Crippen LogP contribution < -0.4 is 4.74 Å². The van der Waals surface area contributed by atoms with Gasteiger partial charge in [-0.3, -0.25) is 9.88 Å². The predicted octanol–water partition coefficient (Wildman–Crippen LogP) is 2.83. The molecule has 1 aromatic carbocycles. The number of likely N-dealkylation sites (tertiary alicyclic amines) is 1. The Bertz CT molecular complexity index is 881. The molecule has 0 amide bonds. The average Bonchev–Trinajstić information content (AvgIpc) is 3.32. The summed E-state index contributed by atoms with van der Waals surface area (Å²) in [7, 11) is 1.72. The second kappa shape index (κ2) is 7.21. The lowest BCUT2D eigenvalue weighted by Crippen LogP contribution is -2.20. The van der Waals surface area contributed by atoms with Crippen molar-refractivity contribution in [3.05, 3.63) is 53.8 Å². The molecule has 2 aromatic heterocycles. The lowest BCUT2D eigenvalue weighted by atomic mass is 10.1. The summed E-state index contributed by atoms with van der Waals surface area (Å²) in [6.45, 7) is 4.83. The molecule has 0 saturated carbocycles. The Kier molecular flexibility index (Phi) is 4.62. The first-order valence-corrected chi connectivity index (χ1v) is 8.68. The fraction of sp³-hybridized carbons (Fsp3) is 0.368. The van der Waals surface area contributed by atoms with Crippen molar-refractivity contribution < 1.29 is 9.15 Å². The van der Waals surface area contributed by atoms with Crippen molar-refractivity contribution in [1.29, 1.82) is 0 Å². The van der Waals surface area contributed by atoms with Gasteiger partial charge >= 0.3 is 0 Å². The molecule has 0 aliphatic carbocycles. The zero-order chi connectivity index (χ0) is 17.9. The Balaban J connectivity index is 1.45. The van der Waals surface area contributed by atoms with E-state index < -0.39 is 0 Å². The van der Waals surface area contributed by atoms with Crippen molar-refractivity contribution in [2.45, 2.75) is 25.8 Å². The summed E-state index contributed by atoms with van der Waals surface area (Å²) in [6.07, 6.45) is 5.86. The number of hydrogen-bond acceptors (Lipinski definition) is 7. The lowest BCUT2D eigenvalue weighted by molar-refractivity contribution is 0.311. The number of ether oxygens (including phenoxy) is 1. The van der Waals surface area contributed by atoms with Crippen LogP contribution in [-0.2, 0) is 6.54 Å². The zero-order valence-corrected chi connectivity index (χ0v) is 14.9. The Morgan fingerprint density at radius 2 is 2.19 bits per heavy atom. The molecule has 0 spiro atoms. The van der Waals surface area contributed by atoms with Gasteiger partial charge in [-0.1, -0.05) is 17.7 Å². The molecule has 3 heterocycles. The minimum Gasteiger partial charge on any atom is -0.496 e. The molecule has 1 atom stereocenters. The highest BCUT2D eigenvalue weighted by Gasteiger charge is 2.29. The summed E-state index contributed by atoms with van der Waals surface area (Å²) in [5, 5.41) is 8.35. The minimum atomic E-state index is 0.240. The van der Waals surface area contributed by atoms with Crippen molar-refractivity contribution >= 4 is 0 Å². The van der Waals surface area contributed by atoms with E-state index in [1.807, 2.05) is 6.07 Å². The van der Waals surface area contributed by atoms with E-state index in [2.05, 4.69) is 44.1 Å². The number of hydrogen-bond donors (Lipinski definition) is 0. The molecule has 0 bridgehead atoms. The molecule has 134 valence electrons. The fourth-order valence-electron chi connectivity index (χ4n) is 3.36. The third-order valence-corrected chi connectivity index (χ3v) is 4.67. The summed E-state index contributed by atoms with van der Waals surface area (Å²) < 4.78 is 11.3. The first kappa shape index (κ1) is 16.7. The number of rotatable bonds is 5. The second-order valence-electron chi connectivity index (χ2n) is 6.57. The largest absolute Gasteiger partial charge is 0.496 e. The van der Waals surface area contributed by atoms with Crippen LogP contribution in [0.5, 0.6) is 5.75 Å². The lowest BCUT2D eigenvalue weighted by Gasteiger charge is -2.17. The van der Waals surface area contributed by atoms with Gasteiger partial charge in [-0.05, 0) is 26.0 Å². The maximum atomic E-state index is 5.84. The molecule has 3 aromatic rings. The van der Waals surface area contributed by atoms with Crippen LogP contribution in [0.1, 0.15) is 29.4 Å². The maximum Gasteiger partial charge on any atom is 0.267 e. The van der Waals surface area contributed by atoms with E-state index in [0.29, 0.717) is 17.5 Å². The van der Waals surface area contributed by atoms with E-state index in [1.54, 1.807) is 25.7 Å². The Morgan fingerprint density at radius 3 is 3.00 bits per heavy atom. The number of methoxy groups -OCH3 is 1. The van der Waals surface area contributed by atoms with Gasteiger partial charge in [0.1, 0.15) is 11.4 Å². The molecule has 7 nitrogen and oxygen atoms in total. The van der Waals surface area contributed by atoms with Crippen molar-refractivity contribution in [2.75, 3.05) is 20.2 Å². The summed E-state index contributed by atoms with van der Waals surface area (Å²) in [5.74, 6) is 2.27. The van der Waals surface area contributed by atoms with Gasteiger partial charge in [0.15, 0.2) is 0 Å². The van der Waals surface area contributed by atoms with Crippen LogP contribution >= 0.6 is 0 Å². The van der Waals surface area contributed by atoms with Crippen LogP contribution in [0.25, 0.3) is 11.6 Å². The molecule has 0 radical (unpaired) electrons. The molecule has 1 saturated heterocycles. The molecule has 0 unspecified atom stereocenters. The van der Waals surface area contributed by atoms with Crippen molar-refractivity contribution in [2.24, 2.45) is 0 Å². The quantitative estimate of drug-likeness (QED) is 0.699. The molecule has 1 aliphatic rings. The van der Waals surface area contributed by atoms with E-state index in [1.165, 1.54) is 11.1 Å². The van der Waals surface area contributed by atoms with Crippen LogP contribution in [0.15, 0.2) is 41.2 Å². The number of aromatic nitrogens is 4. The highest BCUT2D eigenvalue weighted by molar-refractivity contribution is 5.43. The highest BCUT2D eigenvalue weighted by Crippen LogP contribution is 2.30. The Labute approximate surface area is 152 Å². The molecule has 1 aliphatic heterocycles. The third kappa shape index (κ3) is 3.43. The number of nitrogens with zero attached hydrogens (tertiary/aromatic N) is 5. The summed E-state index contributed by atoms with van der Waals surface area (Å²) in [4.78, 5) is 10.6. The van der Waals surface area contributed by atoms with E-state index in [-0.39, 0.29) is 5.92 Å². The first-order chi connectivity index (χ1) is 12.7. The van der Waals surface area contributed by atoms with Gasteiger partial charge in [-0.25, -0.2) is 4.98 Å².